The summed E-state index contributed by atoms with van der Waals surface area (Å²) in [6.45, 7) is 0.565. The molecule has 0 saturated carbocycles. The topological polar surface area (TPSA) is 61.9 Å². The van der Waals surface area contributed by atoms with Crippen LogP contribution in [-0.4, -0.2) is 33.0 Å². The Hall–Kier alpha value is -2.99. The first-order valence-electron chi connectivity index (χ1n) is 7.90. The van der Waals surface area contributed by atoms with Crippen molar-refractivity contribution in [1.82, 2.24) is 20.1 Å². The highest BCUT2D eigenvalue weighted by Crippen LogP contribution is 2.28. The maximum Gasteiger partial charge on any atom is 0.282 e. The average molecular weight is 348 g/mol. The van der Waals surface area contributed by atoms with Crippen LogP contribution in [0, 0.1) is 0 Å². The van der Waals surface area contributed by atoms with Gasteiger partial charge < -0.3 is 4.90 Å². The van der Waals surface area contributed by atoms with Crippen LogP contribution in [0.4, 0.5) is 0 Å². The Morgan fingerprint density at radius 1 is 1.16 bits per heavy atom. The summed E-state index contributed by atoms with van der Waals surface area (Å²) in [6.07, 6.45) is 3.63. The predicted molar refractivity (Wildman–Crippen MR) is 99.4 cm³/mol. The minimum Gasteiger partial charge on any atom is -0.335 e. The summed E-state index contributed by atoms with van der Waals surface area (Å²) in [5.41, 5.74) is 4.02. The zero-order chi connectivity index (χ0) is 17.2. The van der Waals surface area contributed by atoms with Crippen LogP contribution in [0.3, 0.4) is 0 Å². The molecule has 2 aromatic carbocycles. The van der Waals surface area contributed by atoms with E-state index < -0.39 is 0 Å². The fraction of sp³-hybridized carbons (Fsp3) is 0.105. The highest BCUT2D eigenvalue weighted by atomic mass is 32.1. The van der Waals surface area contributed by atoms with Crippen LogP contribution in [0.15, 0.2) is 60.9 Å². The third-order valence-corrected chi connectivity index (χ3v) is 5.02. The molecule has 1 amide bonds. The van der Waals surface area contributed by atoms with Crippen molar-refractivity contribution in [3.8, 4) is 11.1 Å². The number of rotatable bonds is 4. The monoisotopic (exact) mass is 348 g/mol. The summed E-state index contributed by atoms with van der Waals surface area (Å²) < 4.78 is 0.996. The number of nitrogens with one attached hydrogen (secondary N) is 1. The van der Waals surface area contributed by atoms with Crippen molar-refractivity contribution in [3.05, 3.63) is 71.5 Å². The maximum atomic E-state index is 12.7. The van der Waals surface area contributed by atoms with Gasteiger partial charge in [-0.1, -0.05) is 36.4 Å². The lowest BCUT2D eigenvalue weighted by molar-refractivity contribution is 0.0785. The van der Waals surface area contributed by atoms with Gasteiger partial charge in [0, 0.05) is 25.4 Å². The second-order valence-corrected chi connectivity index (χ2v) is 6.87. The molecule has 0 aliphatic carbocycles. The molecular formula is C19H16N4OS. The lowest BCUT2D eigenvalue weighted by atomic mass is 10.1. The Balaban J connectivity index is 1.59. The summed E-state index contributed by atoms with van der Waals surface area (Å²) in [5, 5.41) is 7.30. The smallest absolute Gasteiger partial charge is 0.282 e. The van der Waals surface area contributed by atoms with Gasteiger partial charge in [0.05, 0.1) is 16.4 Å². The molecular weight excluding hydrogens is 332 g/mol. The molecule has 0 fully saturated rings. The van der Waals surface area contributed by atoms with E-state index in [1.807, 2.05) is 54.7 Å². The minimum absolute atomic E-state index is 0.0603. The Bertz CT molecular complexity index is 1010. The molecule has 0 saturated heterocycles. The van der Waals surface area contributed by atoms with Gasteiger partial charge in [-0.3, -0.25) is 9.89 Å². The van der Waals surface area contributed by atoms with E-state index in [0.717, 1.165) is 26.9 Å². The molecule has 0 radical (unpaired) electrons. The molecule has 0 aliphatic rings. The number of benzene rings is 2. The van der Waals surface area contributed by atoms with Crippen molar-refractivity contribution < 1.29 is 4.79 Å². The Kier molecular flexibility index (Phi) is 4.03. The molecule has 6 heteroatoms. The molecule has 124 valence electrons. The molecule has 2 heterocycles. The van der Waals surface area contributed by atoms with Crippen LogP contribution in [0.5, 0.6) is 0 Å². The molecule has 5 nitrogen and oxygen atoms in total. The number of nitrogens with zero attached hydrogens (tertiary/aromatic N) is 3. The second kappa shape index (κ2) is 6.49. The van der Waals surface area contributed by atoms with Gasteiger partial charge in [0.25, 0.3) is 5.91 Å². The number of carbonyl (C=O) groups is 1. The summed E-state index contributed by atoms with van der Waals surface area (Å²) in [6, 6.07) is 15.9. The standard InChI is InChI=1S/C19H16N4OS/c1-23(12-13-5-3-2-4-6-13)19(24)18-22-16-8-7-14(9-17(16)25-18)15-10-20-21-11-15/h2-11H,12H2,1H3,(H,20,21). The van der Waals surface area contributed by atoms with E-state index in [2.05, 4.69) is 15.2 Å². The zero-order valence-electron chi connectivity index (χ0n) is 13.6. The summed E-state index contributed by atoms with van der Waals surface area (Å²) in [7, 11) is 1.80. The number of amides is 1. The Labute approximate surface area is 149 Å². The molecule has 25 heavy (non-hydrogen) atoms. The van der Waals surface area contributed by atoms with Crippen molar-refractivity contribution in [2.75, 3.05) is 7.05 Å². The van der Waals surface area contributed by atoms with E-state index in [0.29, 0.717) is 11.6 Å². The van der Waals surface area contributed by atoms with Gasteiger partial charge in [-0.25, -0.2) is 4.98 Å². The first kappa shape index (κ1) is 15.5. The maximum absolute atomic E-state index is 12.7. The number of hydrogen-bond donors (Lipinski definition) is 1. The van der Waals surface area contributed by atoms with Crippen LogP contribution in [0.2, 0.25) is 0 Å². The fourth-order valence-electron chi connectivity index (χ4n) is 2.70. The van der Waals surface area contributed by atoms with E-state index in [1.165, 1.54) is 11.3 Å². The van der Waals surface area contributed by atoms with Gasteiger partial charge in [-0.05, 0) is 23.3 Å². The molecule has 4 rings (SSSR count). The van der Waals surface area contributed by atoms with Crippen molar-refractivity contribution in [2.45, 2.75) is 6.54 Å². The number of thiazole rings is 1. The number of carbonyl (C=O) groups excluding carboxylic acids is 1. The van der Waals surface area contributed by atoms with Crippen LogP contribution in [0.1, 0.15) is 15.4 Å². The van der Waals surface area contributed by atoms with E-state index in [9.17, 15) is 4.79 Å². The Morgan fingerprint density at radius 3 is 2.76 bits per heavy atom. The van der Waals surface area contributed by atoms with Crippen LogP contribution in [0.25, 0.3) is 21.3 Å². The Morgan fingerprint density at radius 2 is 2.00 bits per heavy atom. The molecule has 1 N–H and O–H groups in total. The van der Waals surface area contributed by atoms with E-state index in [-0.39, 0.29) is 5.91 Å². The van der Waals surface area contributed by atoms with Crippen LogP contribution in [-0.2, 0) is 6.54 Å². The lowest BCUT2D eigenvalue weighted by Crippen LogP contribution is -2.25. The van der Waals surface area contributed by atoms with Crippen LogP contribution < -0.4 is 0 Å². The summed E-state index contributed by atoms with van der Waals surface area (Å²) in [5.74, 6) is -0.0603. The second-order valence-electron chi connectivity index (χ2n) is 5.84. The minimum atomic E-state index is -0.0603. The molecule has 2 aromatic heterocycles. The normalized spacial score (nSPS) is 10.9. The quantitative estimate of drug-likeness (QED) is 0.607. The van der Waals surface area contributed by atoms with Crippen molar-refractivity contribution in [2.24, 2.45) is 0 Å². The molecule has 0 bridgehead atoms. The van der Waals surface area contributed by atoms with Gasteiger partial charge in [0.1, 0.15) is 0 Å². The highest BCUT2D eigenvalue weighted by Gasteiger charge is 2.17. The number of hydrogen-bond acceptors (Lipinski definition) is 4. The van der Waals surface area contributed by atoms with E-state index in [1.54, 1.807) is 18.1 Å². The molecule has 0 atom stereocenters. The number of aromatic nitrogens is 3. The van der Waals surface area contributed by atoms with Crippen LogP contribution >= 0.6 is 11.3 Å². The van der Waals surface area contributed by atoms with Crippen molar-refractivity contribution in [1.29, 1.82) is 0 Å². The third-order valence-electron chi connectivity index (χ3n) is 4.01. The van der Waals surface area contributed by atoms with E-state index >= 15 is 0 Å². The highest BCUT2D eigenvalue weighted by molar-refractivity contribution is 7.20. The summed E-state index contributed by atoms with van der Waals surface area (Å²) in [4.78, 5) is 18.9. The van der Waals surface area contributed by atoms with Gasteiger partial charge in [0.15, 0.2) is 5.01 Å². The fourth-order valence-corrected chi connectivity index (χ4v) is 3.70. The number of H-pyrrole nitrogens is 1. The SMILES string of the molecule is CN(Cc1ccccc1)C(=O)c1nc2ccc(-c3cn[nH]c3)cc2s1. The van der Waals surface area contributed by atoms with Gasteiger partial charge >= 0.3 is 0 Å². The first-order valence-corrected chi connectivity index (χ1v) is 8.71. The summed E-state index contributed by atoms with van der Waals surface area (Å²) >= 11 is 1.42. The van der Waals surface area contributed by atoms with Gasteiger partial charge in [-0.2, -0.15) is 5.10 Å². The number of aromatic amines is 1. The van der Waals surface area contributed by atoms with Gasteiger partial charge in [-0.15, -0.1) is 11.3 Å². The molecule has 0 spiro atoms. The molecule has 0 unspecified atom stereocenters. The zero-order valence-corrected chi connectivity index (χ0v) is 14.5. The first-order chi connectivity index (χ1) is 12.2. The number of fused-ring (bicyclic) bond motifs is 1. The molecule has 0 aliphatic heterocycles. The third kappa shape index (κ3) is 3.16. The molecule has 4 aromatic rings. The van der Waals surface area contributed by atoms with Crippen molar-refractivity contribution in [3.63, 3.8) is 0 Å². The lowest BCUT2D eigenvalue weighted by Gasteiger charge is -2.15. The van der Waals surface area contributed by atoms with Gasteiger partial charge in [0.2, 0.25) is 0 Å². The predicted octanol–water partition coefficient (Wildman–Crippen LogP) is 3.96. The van der Waals surface area contributed by atoms with E-state index in [4.69, 9.17) is 0 Å². The largest absolute Gasteiger partial charge is 0.335 e. The van der Waals surface area contributed by atoms with Crippen molar-refractivity contribution >= 4 is 27.5 Å². The average Bonchev–Trinajstić information content (AvgIpc) is 3.30.